The fourth-order valence-corrected chi connectivity index (χ4v) is 1.02. The summed E-state index contributed by atoms with van der Waals surface area (Å²) >= 11 is 1.08. The Morgan fingerprint density at radius 3 is 3.08 bits per heavy atom. The zero-order chi connectivity index (χ0) is 8.97. The van der Waals surface area contributed by atoms with E-state index in [4.69, 9.17) is 0 Å². The predicted octanol–water partition coefficient (Wildman–Crippen LogP) is 0.844. The van der Waals surface area contributed by atoms with Crippen molar-refractivity contribution in [2.75, 3.05) is 6.54 Å². The van der Waals surface area contributed by atoms with Crippen LogP contribution in [0.3, 0.4) is 0 Å². The lowest BCUT2D eigenvalue weighted by atomic mass is 10.3. The molecule has 0 radical (unpaired) electrons. The topological polar surface area (TPSA) is 54.9 Å². The highest BCUT2D eigenvalue weighted by molar-refractivity contribution is 7.07. The molecule has 0 aliphatic carbocycles. The van der Waals surface area contributed by atoms with E-state index in [1.807, 2.05) is 6.92 Å². The van der Waals surface area contributed by atoms with E-state index in [2.05, 4.69) is 21.5 Å². The zero-order valence-corrected chi connectivity index (χ0v) is 7.52. The van der Waals surface area contributed by atoms with Gasteiger partial charge in [-0.2, -0.15) is 0 Å². The van der Waals surface area contributed by atoms with Gasteiger partial charge in [-0.1, -0.05) is 16.6 Å². The largest absolute Gasteiger partial charge is 0.348 e. The predicted molar refractivity (Wildman–Crippen MR) is 47.1 cm³/mol. The maximum atomic E-state index is 11.2. The van der Waals surface area contributed by atoms with Gasteiger partial charge in [0, 0.05) is 6.54 Å². The quantitative estimate of drug-likeness (QED) is 0.706. The number of carbonyl (C=O) groups excluding carboxylic acids is 1. The summed E-state index contributed by atoms with van der Waals surface area (Å²) in [4.78, 5) is 11.7. The van der Waals surface area contributed by atoms with Crippen LogP contribution in [0, 0.1) is 0 Å². The molecule has 0 aromatic carbocycles. The number of rotatable bonds is 3. The molecule has 0 unspecified atom stereocenters. The zero-order valence-electron chi connectivity index (χ0n) is 6.70. The molecule has 0 spiro atoms. The Balaban J connectivity index is 2.45. The minimum Gasteiger partial charge on any atom is -0.348 e. The lowest BCUT2D eigenvalue weighted by Crippen LogP contribution is -2.23. The van der Waals surface area contributed by atoms with Gasteiger partial charge in [0.25, 0.3) is 5.91 Å². The maximum absolute atomic E-state index is 11.2. The second-order valence-electron chi connectivity index (χ2n) is 2.42. The molecule has 0 bridgehead atoms. The maximum Gasteiger partial charge on any atom is 0.264 e. The molecule has 1 heterocycles. The number of hydrogen-bond donors (Lipinski definition) is 1. The van der Waals surface area contributed by atoms with Crippen LogP contribution in [0.5, 0.6) is 0 Å². The van der Waals surface area contributed by atoms with Crippen LogP contribution in [0.1, 0.15) is 16.6 Å². The summed E-state index contributed by atoms with van der Waals surface area (Å²) in [6.07, 6.45) is 1.44. The minimum absolute atomic E-state index is 0.145. The Bertz CT molecular complexity index is 281. The van der Waals surface area contributed by atoms with Crippen LogP contribution in [0.15, 0.2) is 18.3 Å². The van der Waals surface area contributed by atoms with Gasteiger partial charge in [-0.15, -0.1) is 5.10 Å². The average molecular weight is 183 g/mol. The van der Waals surface area contributed by atoms with Crippen molar-refractivity contribution >= 4 is 17.4 Å². The first-order valence-electron chi connectivity index (χ1n) is 3.40. The number of carbonyl (C=O) groups is 1. The molecule has 1 amide bonds. The first-order chi connectivity index (χ1) is 5.70. The molecule has 1 rings (SSSR count). The van der Waals surface area contributed by atoms with Gasteiger partial charge in [0.05, 0.1) is 6.20 Å². The van der Waals surface area contributed by atoms with E-state index >= 15 is 0 Å². The molecule has 0 fully saturated rings. The highest BCUT2D eigenvalue weighted by Crippen LogP contribution is 2.00. The van der Waals surface area contributed by atoms with Gasteiger partial charge in [-0.25, -0.2) is 0 Å². The molecule has 12 heavy (non-hydrogen) atoms. The molecule has 5 heteroatoms. The molecule has 64 valence electrons. The Labute approximate surface area is 74.5 Å². The van der Waals surface area contributed by atoms with E-state index in [9.17, 15) is 4.79 Å². The van der Waals surface area contributed by atoms with E-state index < -0.39 is 0 Å². The van der Waals surface area contributed by atoms with E-state index in [0.717, 1.165) is 17.1 Å². The number of aromatic nitrogens is 2. The smallest absolute Gasteiger partial charge is 0.264 e. The third-order valence-electron chi connectivity index (χ3n) is 1.14. The van der Waals surface area contributed by atoms with Crippen molar-refractivity contribution < 1.29 is 4.79 Å². The molecule has 1 aromatic rings. The number of nitrogens with one attached hydrogen (secondary N) is 1. The number of nitrogens with zero attached hydrogens (tertiary/aromatic N) is 2. The highest BCUT2D eigenvalue weighted by atomic mass is 32.1. The summed E-state index contributed by atoms with van der Waals surface area (Å²) in [5, 5.41) is 6.23. The molecular formula is C7H9N3OS. The first-order valence-corrected chi connectivity index (χ1v) is 4.17. The van der Waals surface area contributed by atoms with Gasteiger partial charge < -0.3 is 5.32 Å². The molecule has 1 aromatic heterocycles. The van der Waals surface area contributed by atoms with E-state index in [1.165, 1.54) is 6.20 Å². The number of hydrogen-bond acceptors (Lipinski definition) is 4. The average Bonchev–Trinajstić information content (AvgIpc) is 2.51. The number of amides is 1. The lowest BCUT2D eigenvalue weighted by molar-refractivity contribution is 0.0961. The fraction of sp³-hybridized carbons (Fsp3) is 0.286. The molecule has 4 nitrogen and oxygen atoms in total. The van der Waals surface area contributed by atoms with Crippen LogP contribution in [0.4, 0.5) is 0 Å². The monoisotopic (exact) mass is 183 g/mol. The van der Waals surface area contributed by atoms with Gasteiger partial charge in [-0.3, -0.25) is 4.79 Å². The summed E-state index contributed by atoms with van der Waals surface area (Å²) in [7, 11) is 0. The van der Waals surface area contributed by atoms with Crippen LogP contribution >= 0.6 is 11.5 Å². The summed E-state index contributed by atoms with van der Waals surface area (Å²) < 4.78 is 3.58. The highest BCUT2D eigenvalue weighted by Gasteiger charge is 2.06. The van der Waals surface area contributed by atoms with Crippen molar-refractivity contribution in [1.29, 1.82) is 0 Å². The van der Waals surface area contributed by atoms with Crippen LogP contribution in [0.25, 0.3) is 0 Å². The Morgan fingerprint density at radius 2 is 2.58 bits per heavy atom. The van der Waals surface area contributed by atoms with Crippen LogP contribution in [-0.2, 0) is 0 Å². The van der Waals surface area contributed by atoms with Crippen molar-refractivity contribution in [1.82, 2.24) is 14.9 Å². The molecule has 1 N–H and O–H groups in total. The summed E-state index contributed by atoms with van der Waals surface area (Å²) in [5.41, 5.74) is 0.917. The second kappa shape index (κ2) is 3.96. The molecule has 0 aliphatic heterocycles. The van der Waals surface area contributed by atoms with Gasteiger partial charge in [-0.05, 0) is 18.5 Å². The van der Waals surface area contributed by atoms with Crippen molar-refractivity contribution in [2.24, 2.45) is 0 Å². The first kappa shape index (κ1) is 8.86. The molecule has 0 atom stereocenters. The van der Waals surface area contributed by atoms with Crippen LogP contribution < -0.4 is 5.32 Å². The molecule has 0 saturated heterocycles. The van der Waals surface area contributed by atoms with Gasteiger partial charge >= 0.3 is 0 Å². The third kappa shape index (κ3) is 2.43. The SMILES string of the molecule is C=C(C)CNC(=O)c1cnns1. The Morgan fingerprint density at radius 1 is 1.83 bits per heavy atom. The summed E-state index contributed by atoms with van der Waals surface area (Å²) in [5.74, 6) is -0.145. The molecule has 0 saturated carbocycles. The normalized spacial score (nSPS) is 9.42. The Kier molecular flexibility index (Phi) is 2.93. The third-order valence-corrected chi connectivity index (χ3v) is 1.80. The fourth-order valence-electron chi connectivity index (χ4n) is 0.585. The standard InChI is InChI=1S/C7H9N3OS/c1-5(2)3-8-7(11)6-4-9-10-12-6/h4H,1,3H2,2H3,(H,8,11). The lowest BCUT2D eigenvalue weighted by Gasteiger charge is -2.00. The van der Waals surface area contributed by atoms with Gasteiger partial charge in [0.15, 0.2) is 0 Å². The van der Waals surface area contributed by atoms with Crippen LogP contribution in [0.2, 0.25) is 0 Å². The van der Waals surface area contributed by atoms with Crippen molar-refractivity contribution in [3.8, 4) is 0 Å². The Hall–Kier alpha value is -1.23. The van der Waals surface area contributed by atoms with Gasteiger partial charge in [0.1, 0.15) is 4.88 Å². The second-order valence-corrected chi connectivity index (χ2v) is 3.21. The van der Waals surface area contributed by atoms with E-state index in [0.29, 0.717) is 11.4 Å². The van der Waals surface area contributed by atoms with E-state index in [1.54, 1.807) is 0 Å². The van der Waals surface area contributed by atoms with Gasteiger partial charge in [0.2, 0.25) is 0 Å². The van der Waals surface area contributed by atoms with E-state index in [-0.39, 0.29) is 5.91 Å². The summed E-state index contributed by atoms with van der Waals surface area (Å²) in [6.45, 7) is 6.01. The summed E-state index contributed by atoms with van der Waals surface area (Å²) in [6, 6.07) is 0. The minimum atomic E-state index is -0.145. The molecular weight excluding hydrogens is 174 g/mol. The van der Waals surface area contributed by atoms with Crippen LogP contribution in [-0.4, -0.2) is 22.0 Å². The van der Waals surface area contributed by atoms with Crippen molar-refractivity contribution in [2.45, 2.75) is 6.92 Å². The van der Waals surface area contributed by atoms with Crippen molar-refractivity contribution in [3.63, 3.8) is 0 Å². The van der Waals surface area contributed by atoms with Crippen molar-refractivity contribution in [3.05, 3.63) is 23.2 Å². The molecule has 0 aliphatic rings.